The largest absolute Gasteiger partial charge is 0.390 e. The Morgan fingerprint density at radius 1 is 1.11 bits per heavy atom. The van der Waals surface area contributed by atoms with Gasteiger partial charge in [0.25, 0.3) is 11.8 Å². The standard InChI is InChI=1S/C25H21FN6O4/c1-13(33)15-2-3-17-16(9-15)10-20(34)23(17)31-25(36)19-11-18(30-22-5-7-29-32(19)22)24(35)28-12-14-4-6-27-21(26)8-14/h2-9,11,20,23,34H,10,12H2,1H3,(H,28,35)(H,31,36)/t20-,23-/m1/s1. The Morgan fingerprint density at radius 2 is 1.94 bits per heavy atom. The number of rotatable bonds is 6. The van der Waals surface area contributed by atoms with Crippen LogP contribution in [0.3, 0.4) is 0 Å². The van der Waals surface area contributed by atoms with Gasteiger partial charge in [0.2, 0.25) is 5.95 Å². The molecular formula is C25H21FN6O4. The van der Waals surface area contributed by atoms with Crippen molar-refractivity contribution in [2.24, 2.45) is 0 Å². The van der Waals surface area contributed by atoms with Gasteiger partial charge in [-0.1, -0.05) is 12.1 Å². The zero-order valence-corrected chi connectivity index (χ0v) is 19.1. The van der Waals surface area contributed by atoms with Crippen molar-refractivity contribution in [3.05, 3.63) is 94.4 Å². The van der Waals surface area contributed by atoms with E-state index in [1.807, 2.05) is 0 Å². The van der Waals surface area contributed by atoms with Crippen LogP contribution in [0.1, 0.15) is 61.0 Å². The van der Waals surface area contributed by atoms with Crippen molar-refractivity contribution in [1.82, 2.24) is 30.2 Å². The Morgan fingerprint density at radius 3 is 2.72 bits per heavy atom. The first kappa shape index (κ1) is 23.2. The van der Waals surface area contributed by atoms with E-state index >= 15 is 0 Å². The molecule has 0 fully saturated rings. The highest BCUT2D eigenvalue weighted by Crippen LogP contribution is 2.32. The van der Waals surface area contributed by atoms with E-state index in [1.54, 1.807) is 30.3 Å². The highest BCUT2D eigenvalue weighted by Gasteiger charge is 2.33. The monoisotopic (exact) mass is 488 g/mol. The average Bonchev–Trinajstić information content (AvgIpc) is 3.45. The van der Waals surface area contributed by atoms with Crippen LogP contribution in [0.2, 0.25) is 0 Å². The van der Waals surface area contributed by atoms with Crippen LogP contribution in [0, 0.1) is 5.95 Å². The van der Waals surface area contributed by atoms with E-state index in [-0.39, 0.29) is 35.8 Å². The van der Waals surface area contributed by atoms with Gasteiger partial charge in [0.05, 0.1) is 18.3 Å². The smallest absolute Gasteiger partial charge is 0.270 e. The third kappa shape index (κ3) is 4.43. The van der Waals surface area contributed by atoms with Crippen molar-refractivity contribution in [3.63, 3.8) is 0 Å². The van der Waals surface area contributed by atoms with Crippen molar-refractivity contribution in [1.29, 1.82) is 0 Å². The molecule has 10 nitrogen and oxygen atoms in total. The molecule has 36 heavy (non-hydrogen) atoms. The molecule has 0 aliphatic heterocycles. The Kier molecular flexibility index (Phi) is 5.98. The SMILES string of the molecule is CC(=O)c1ccc2c(c1)C[C@@H](O)[C@@H]2NC(=O)c1cc(C(=O)NCc2ccnc(F)c2)nc2ccnn12. The summed E-state index contributed by atoms with van der Waals surface area (Å²) in [5, 5.41) is 20.2. The number of carbonyl (C=O) groups is 3. The number of carbonyl (C=O) groups excluding carboxylic acids is 3. The first-order valence-corrected chi connectivity index (χ1v) is 11.2. The predicted molar refractivity (Wildman–Crippen MR) is 125 cm³/mol. The molecule has 0 bridgehead atoms. The number of hydrogen-bond donors (Lipinski definition) is 3. The zero-order valence-electron chi connectivity index (χ0n) is 19.1. The van der Waals surface area contributed by atoms with Crippen LogP contribution in [-0.4, -0.2) is 48.4 Å². The molecule has 0 unspecified atom stereocenters. The van der Waals surface area contributed by atoms with Gasteiger partial charge >= 0.3 is 0 Å². The van der Waals surface area contributed by atoms with Gasteiger partial charge < -0.3 is 15.7 Å². The fourth-order valence-corrected chi connectivity index (χ4v) is 4.26. The second-order valence-electron chi connectivity index (χ2n) is 8.49. The summed E-state index contributed by atoms with van der Waals surface area (Å²) in [4.78, 5) is 45.5. The fraction of sp³-hybridized carbons (Fsp3) is 0.200. The van der Waals surface area contributed by atoms with Gasteiger partial charge in [0.15, 0.2) is 11.4 Å². The molecule has 0 spiro atoms. The average molecular weight is 488 g/mol. The van der Waals surface area contributed by atoms with Crippen LogP contribution in [0.15, 0.2) is 54.9 Å². The lowest BCUT2D eigenvalue weighted by Crippen LogP contribution is -2.35. The van der Waals surface area contributed by atoms with Crippen molar-refractivity contribution in [2.45, 2.75) is 32.0 Å². The number of amides is 2. The number of aromatic nitrogens is 4. The van der Waals surface area contributed by atoms with E-state index in [4.69, 9.17) is 0 Å². The van der Waals surface area contributed by atoms with Crippen LogP contribution in [0.5, 0.6) is 0 Å². The van der Waals surface area contributed by atoms with Crippen LogP contribution in [-0.2, 0) is 13.0 Å². The summed E-state index contributed by atoms with van der Waals surface area (Å²) in [6.45, 7) is 1.51. The molecular weight excluding hydrogens is 467 g/mol. The van der Waals surface area contributed by atoms with E-state index in [0.717, 1.165) is 5.56 Å². The second-order valence-corrected chi connectivity index (χ2v) is 8.49. The number of hydrogen-bond acceptors (Lipinski definition) is 7. The minimum Gasteiger partial charge on any atom is -0.390 e. The number of nitrogens with zero attached hydrogens (tertiary/aromatic N) is 4. The molecule has 0 radical (unpaired) electrons. The van der Waals surface area contributed by atoms with Crippen molar-refractivity contribution >= 4 is 23.2 Å². The highest BCUT2D eigenvalue weighted by molar-refractivity contribution is 5.98. The lowest BCUT2D eigenvalue weighted by molar-refractivity contribution is 0.0850. The van der Waals surface area contributed by atoms with Crippen LogP contribution in [0.25, 0.3) is 5.65 Å². The number of nitrogens with one attached hydrogen (secondary N) is 2. The summed E-state index contributed by atoms with van der Waals surface area (Å²) in [6, 6.07) is 10.0. The summed E-state index contributed by atoms with van der Waals surface area (Å²) in [5.41, 5.74) is 2.85. The van der Waals surface area contributed by atoms with Crippen molar-refractivity contribution in [2.75, 3.05) is 0 Å². The lowest BCUT2D eigenvalue weighted by atomic mass is 10.0. The highest BCUT2D eigenvalue weighted by atomic mass is 19.1. The topological polar surface area (TPSA) is 139 Å². The molecule has 1 aliphatic rings. The molecule has 3 N–H and O–H groups in total. The summed E-state index contributed by atoms with van der Waals surface area (Å²) in [7, 11) is 0. The Bertz CT molecular complexity index is 1520. The maximum atomic E-state index is 13.3. The maximum absolute atomic E-state index is 13.3. The minimum atomic E-state index is -0.885. The Labute approximate surface area is 204 Å². The van der Waals surface area contributed by atoms with Crippen LogP contribution < -0.4 is 10.6 Å². The number of ketones is 1. The van der Waals surface area contributed by atoms with Gasteiger partial charge in [0, 0.05) is 36.9 Å². The van der Waals surface area contributed by atoms with E-state index in [9.17, 15) is 23.9 Å². The van der Waals surface area contributed by atoms with E-state index in [1.165, 1.54) is 36.0 Å². The first-order chi connectivity index (χ1) is 17.3. The molecule has 5 rings (SSSR count). The molecule has 3 heterocycles. The van der Waals surface area contributed by atoms with E-state index in [2.05, 4.69) is 25.7 Å². The third-order valence-corrected chi connectivity index (χ3v) is 6.05. The molecule has 2 amide bonds. The number of pyridine rings is 1. The van der Waals surface area contributed by atoms with Gasteiger partial charge in [0.1, 0.15) is 11.4 Å². The maximum Gasteiger partial charge on any atom is 0.270 e. The number of Topliss-reactive ketones (excluding diaryl/α,β-unsaturated/α-hetero) is 1. The molecule has 2 atom stereocenters. The molecule has 4 aromatic rings. The predicted octanol–water partition coefficient (Wildman–Crippen LogP) is 1.78. The molecule has 3 aromatic heterocycles. The molecule has 0 saturated carbocycles. The van der Waals surface area contributed by atoms with E-state index < -0.39 is 29.9 Å². The third-order valence-electron chi connectivity index (χ3n) is 6.05. The number of fused-ring (bicyclic) bond motifs is 2. The number of halogens is 1. The minimum absolute atomic E-state index is 0.0267. The van der Waals surface area contributed by atoms with Crippen molar-refractivity contribution < 1.29 is 23.9 Å². The first-order valence-electron chi connectivity index (χ1n) is 11.2. The molecule has 0 saturated heterocycles. The second kappa shape index (κ2) is 9.27. The molecule has 11 heteroatoms. The molecule has 1 aliphatic carbocycles. The Hall–Kier alpha value is -4.51. The van der Waals surface area contributed by atoms with Crippen molar-refractivity contribution in [3.8, 4) is 0 Å². The summed E-state index contributed by atoms with van der Waals surface area (Å²) in [6.07, 6.45) is 2.15. The number of aliphatic hydroxyl groups is 1. The van der Waals surface area contributed by atoms with Gasteiger partial charge in [-0.25, -0.2) is 14.5 Å². The van der Waals surface area contributed by atoms with Gasteiger partial charge in [-0.15, -0.1) is 0 Å². The fourth-order valence-electron chi connectivity index (χ4n) is 4.26. The zero-order chi connectivity index (χ0) is 25.4. The quantitative estimate of drug-likeness (QED) is 0.278. The summed E-state index contributed by atoms with van der Waals surface area (Å²) >= 11 is 0. The van der Waals surface area contributed by atoms with E-state index in [0.29, 0.717) is 16.7 Å². The van der Waals surface area contributed by atoms with Gasteiger partial charge in [-0.2, -0.15) is 9.49 Å². The number of aliphatic hydroxyl groups excluding tert-OH is 1. The molecule has 182 valence electrons. The summed E-state index contributed by atoms with van der Waals surface area (Å²) < 4.78 is 14.6. The summed E-state index contributed by atoms with van der Waals surface area (Å²) in [5.74, 6) is -1.87. The lowest BCUT2D eigenvalue weighted by Gasteiger charge is -2.18. The Balaban J connectivity index is 1.39. The van der Waals surface area contributed by atoms with Crippen LogP contribution in [0.4, 0.5) is 4.39 Å². The van der Waals surface area contributed by atoms with Gasteiger partial charge in [-0.3, -0.25) is 14.4 Å². The van der Waals surface area contributed by atoms with Crippen LogP contribution >= 0.6 is 0 Å². The number of benzene rings is 1. The molecule has 1 aromatic carbocycles. The normalized spacial score (nSPS) is 16.5. The van der Waals surface area contributed by atoms with Gasteiger partial charge in [-0.05, 0) is 41.8 Å².